The van der Waals surface area contributed by atoms with E-state index in [4.69, 9.17) is 9.97 Å². The van der Waals surface area contributed by atoms with Crippen LogP contribution in [0.2, 0.25) is 0 Å². The van der Waals surface area contributed by atoms with E-state index in [0.717, 1.165) is 42.9 Å². The molecule has 21 heavy (non-hydrogen) atoms. The van der Waals surface area contributed by atoms with Crippen molar-refractivity contribution in [1.29, 1.82) is 0 Å². The Morgan fingerprint density at radius 3 is 2.19 bits per heavy atom. The van der Waals surface area contributed by atoms with Crippen molar-refractivity contribution in [1.82, 2.24) is 9.97 Å². The van der Waals surface area contributed by atoms with Gasteiger partial charge in [-0.25, -0.2) is 9.97 Å². The lowest BCUT2D eigenvalue weighted by molar-refractivity contribution is 0.303. The second-order valence-corrected chi connectivity index (χ2v) is 6.62. The Bertz CT molecular complexity index is 478. The molecular weight excluding hydrogens is 260 g/mol. The van der Waals surface area contributed by atoms with E-state index in [-0.39, 0.29) is 0 Å². The Hall–Kier alpha value is -1.32. The summed E-state index contributed by atoms with van der Waals surface area (Å²) in [5.74, 6) is 4.65. The lowest BCUT2D eigenvalue weighted by Crippen LogP contribution is -2.17. The molecule has 1 heterocycles. The van der Waals surface area contributed by atoms with Crippen LogP contribution in [0.1, 0.15) is 69.2 Å². The van der Waals surface area contributed by atoms with E-state index in [1.165, 1.54) is 44.1 Å². The first-order valence-electron chi connectivity index (χ1n) is 8.64. The molecule has 2 N–H and O–H groups in total. The number of anilines is 2. The molecule has 116 valence electrons. The zero-order valence-corrected chi connectivity index (χ0v) is 13.4. The first-order valence-corrected chi connectivity index (χ1v) is 8.64. The highest BCUT2D eigenvalue weighted by Crippen LogP contribution is 2.39. The predicted molar refractivity (Wildman–Crippen MR) is 88.0 cm³/mol. The van der Waals surface area contributed by atoms with Crippen molar-refractivity contribution in [2.45, 2.75) is 64.7 Å². The quantitative estimate of drug-likeness (QED) is 0.756. The van der Waals surface area contributed by atoms with Crippen LogP contribution in [0.25, 0.3) is 0 Å². The Labute approximate surface area is 128 Å². The molecule has 0 aromatic carbocycles. The summed E-state index contributed by atoms with van der Waals surface area (Å²) in [4.78, 5) is 9.52. The minimum Gasteiger partial charge on any atom is -0.370 e. The van der Waals surface area contributed by atoms with Crippen molar-refractivity contribution in [2.24, 2.45) is 5.92 Å². The van der Waals surface area contributed by atoms with Gasteiger partial charge in [0.05, 0.1) is 0 Å². The molecule has 0 radical (unpaired) electrons. The number of hydrogen-bond acceptors (Lipinski definition) is 4. The first kappa shape index (κ1) is 14.6. The molecule has 0 saturated heterocycles. The molecule has 0 amide bonds. The van der Waals surface area contributed by atoms with Gasteiger partial charge in [0.2, 0.25) is 0 Å². The average Bonchev–Trinajstić information content (AvgIpc) is 3.26. The normalized spacial score (nSPS) is 18.4. The lowest BCUT2D eigenvalue weighted by atomic mass is 9.83. The van der Waals surface area contributed by atoms with E-state index in [1.807, 2.05) is 0 Å². The number of nitrogens with zero attached hydrogens (tertiary/aromatic N) is 2. The van der Waals surface area contributed by atoms with Gasteiger partial charge in [0.25, 0.3) is 0 Å². The summed E-state index contributed by atoms with van der Waals surface area (Å²) in [6.45, 7) is 6.33. The van der Waals surface area contributed by atoms with Crippen molar-refractivity contribution < 1.29 is 0 Å². The molecular formula is C17H28N4. The highest BCUT2D eigenvalue weighted by Gasteiger charge is 2.28. The molecule has 3 rings (SSSR count). The van der Waals surface area contributed by atoms with Gasteiger partial charge in [-0.05, 0) is 38.5 Å². The predicted octanol–water partition coefficient (Wildman–Crippen LogP) is 4.09. The van der Waals surface area contributed by atoms with E-state index < -0.39 is 0 Å². The summed E-state index contributed by atoms with van der Waals surface area (Å²) in [6.07, 6.45) is 9.15. The Balaban J connectivity index is 1.68. The average molecular weight is 288 g/mol. The molecule has 1 aromatic heterocycles. The van der Waals surface area contributed by atoms with Gasteiger partial charge in [0, 0.05) is 24.6 Å². The molecule has 2 fully saturated rings. The monoisotopic (exact) mass is 288 g/mol. The van der Waals surface area contributed by atoms with Crippen molar-refractivity contribution in [2.75, 3.05) is 23.7 Å². The largest absolute Gasteiger partial charge is 0.370 e. The van der Waals surface area contributed by atoms with Crippen LogP contribution in [0, 0.1) is 12.8 Å². The Morgan fingerprint density at radius 2 is 1.67 bits per heavy atom. The van der Waals surface area contributed by atoms with Gasteiger partial charge in [0.15, 0.2) is 0 Å². The molecule has 0 unspecified atom stereocenters. The second kappa shape index (κ2) is 6.63. The van der Waals surface area contributed by atoms with Crippen LogP contribution in [-0.4, -0.2) is 23.1 Å². The molecule has 0 aliphatic heterocycles. The zero-order chi connectivity index (χ0) is 14.7. The Kier molecular flexibility index (Phi) is 4.61. The smallest absolute Gasteiger partial charge is 0.136 e. The van der Waals surface area contributed by atoms with Crippen molar-refractivity contribution in [3.8, 4) is 0 Å². The molecule has 2 saturated carbocycles. The minimum absolute atomic E-state index is 0.597. The number of nitrogens with one attached hydrogen (secondary N) is 2. The Morgan fingerprint density at radius 1 is 1.00 bits per heavy atom. The molecule has 4 nitrogen and oxygen atoms in total. The maximum absolute atomic E-state index is 4.78. The number of hydrogen-bond donors (Lipinski definition) is 2. The second-order valence-electron chi connectivity index (χ2n) is 6.62. The topological polar surface area (TPSA) is 49.8 Å². The highest BCUT2D eigenvalue weighted by molar-refractivity contribution is 5.57. The molecule has 0 atom stereocenters. The maximum atomic E-state index is 4.78. The van der Waals surface area contributed by atoms with Gasteiger partial charge >= 0.3 is 0 Å². The van der Waals surface area contributed by atoms with Crippen molar-refractivity contribution in [3.63, 3.8) is 0 Å². The van der Waals surface area contributed by atoms with Gasteiger partial charge in [-0.1, -0.05) is 26.2 Å². The molecule has 1 aromatic rings. The fourth-order valence-electron chi connectivity index (χ4n) is 2.82. The third-order valence-corrected chi connectivity index (χ3v) is 4.72. The molecule has 0 bridgehead atoms. The van der Waals surface area contributed by atoms with Crippen molar-refractivity contribution >= 4 is 11.6 Å². The summed E-state index contributed by atoms with van der Waals surface area (Å²) in [6, 6.07) is 0. The summed E-state index contributed by atoms with van der Waals surface area (Å²) >= 11 is 0. The van der Waals surface area contributed by atoms with Crippen LogP contribution in [0.4, 0.5) is 11.6 Å². The third-order valence-electron chi connectivity index (χ3n) is 4.72. The van der Waals surface area contributed by atoms with Gasteiger partial charge < -0.3 is 10.6 Å². The molecule has 4 heteroatoms. The van der Waals surface area contributed by atoms with Gasteiger partial charge in [0.1, 0.15) is 17.5 Å². The van der Waals surface area contributed by atoms with E-state index in [9.17, 15) is 0 Å². The van der Waals surface area contributed by atoms with Crippen LogP contribution >= 0.6 is 0 Å². The van der Waals surface area contributed by atoms with Gasteiger partial charge in [-0.15, -0.1) is 0 Å². The molecule has 0 spiro atoms. The van der Waals surface area contributed by atoms with E-state index in [1.54, 1.807) is 0 Å². The van der Waals surface area contributed by atoms with Crippen LogP contribution in [0.15, 0.2) is 0 Å². The number of aromatic nitrogens is 2. The van der Waals surface area contributed by atoms with Gasteiger partial charge in [-0.3, -0.25) is 0 Å². The highest BCUT2D eigenvalue weighted by atomic mass is 15.1. The summed E-state index contributed by atoms with van der Waals surface area (Å²) in [7, 11) is 0. The third kappa shape index (κ3) is 3.66. The SMILES string of the molecule is CCCNc1nc(C2CC2)nc(NCCC2CCC2)c1C. The summed E-state index contributed by atoms with van der Waals surface area (Å²) in [5, 5.41) is 7.02. The molecule has 2 aliphatic rings. The van der Waals surface area contributed by atoms with E-state index in [2.05, 4.69) is 24.5 Å². The maximum Gasteiger partial charge on any atom is 0.136 e. The minimum atomic E-state index is 0.597. The van der Waals surface area contributed by atoms with Crippen molar-refractivity contribution in [3.05, 3.63) is 11.4 Å². The fourth-order valence-corrected chi connectivity index (χ4v) is 2.82. The van der Waals surface area contributed by atoms with E-state index in [0.29, 0.717) is 5.92 Å². The molecule has 2 aliphatic carbocycles. The lowest BCUT2D eigenvalue weighted by Gasteiger charge is -2.25. The van der Waals surface area contributed by atoms with Crippen LogP contribution in [-0.2, 0) is 0 Å². The zero-order valence-electron chi connectivity index (χ0n) is 13.4. The standard InChI is InChI=1S/C17H28N4/c1-3-10-18-15-12(2)16(19-11-9-13-5-4-6-13)21-17(20-15)14-7-8-14/h13-14H,3-11H2,1-2H3,(H2,18,19,20,21). The van der Waals surface area contributed by atoms with Crippen LogP contribution < -0.4 is 10.6 Å². The fraction of sp³-hybridized carbons (Fsp3) is 0.765. The van der Waals surface area contributed by atoms with Crippen LogP contribution in [0.5, 0.6) is 0 Å². The summed E-state index contributed by atoms with van der Waals surface area (Å²) < 4.78 is 0. The van der Waals surface area contributed by atoms with Gasteiger partial charge in [-0.2, -0.15) is 0 Å². The van der Waals surface area contributed by atoms with E-state index >= 15 is 0 Å². The number of rotatable bonds is 8. The first-order chi connectivity index (χ1) is 10.3. The van der Waals surface area contributed by atoms with Crippen LogP contribution in [0.3, 0.4) is 0 Å². The summed E-state index contributed by atoms with van der Waals surface area (Å²) in [5.41, 5.74) is 1.17.